The molecule has 2 aromatic heterocycles. The Morgan fingerprint density at radius 3 is 1.74 bits per heavy atom. The summed E-state index contributed by atoms with van der Waals surface area (Å²) in [6.07, 6.45) is 7.01. The third kappa shape index (κ3) is 6.81. The van der Waals surface area contributed by atoms with Crippen LogP contribution in [0.1, 0.15) is 161 Å². The van der Waals surface area contributed by atoms with Crippen molar-refractivity contribution >= 4 is 100 Å². The molecular weight excluding hydrogens is 892 g/mol. The van der Waals surface area contributed by atoms with E-state index in [4.69, 9.17) is 4.42 Å². The van der Waals surface area contributed by atoms with Crippen LogP contribution in [-0.4, -0.2) is 7.28 Å². The number of thiophene rings is 1. The van der Waals surface area contributed by atoms with Crippen LogP contribution in [0, 0.1) is 6.92 Å². The fourth-order valence-corrected chi connectivity index (χ4v) is 15.2. The minimum absolute atomic E-state index is 0.00176. The predicted molar refractivity (Wildman–Crippen MR) is 313 cm³/mol. The summed E-state index contributed by atoms with van der Waals surface area (Å²) in [6.45, 7) is 31.8. The van der Waals surface area contributed by atoms with Gasteiger partial charge in [0, 0.05) is 71.0 Å². The van der Waals surface area contributed by atoms with Crippen molar-refractivity contribution < 1.29 is 4.42 Å². The van der Waals surface area contributed by atoms with Gasteiger partial charge in [-0.25, -0.2) is 0 Å². The Morgan fingerprint density at radius 2 is 1.06 bits per heavy atom. The summed E-state index contributed by atoms with van der Waals surface area (Å²) in [5.41, 5.74) is 23.7. The monoisotopic (exact) mass is 963 g/mol. The van der Waals surface area contributed by atoms with Gasteiger partial charge in [-0.1, -0.05) is 137 Å². The standard InChI is InChI=1S/C67H71BN2OS/c1-38-30-45-49(67(12,13)29-26-63(45,4)5)35-52(38)70-53-33-42-40-18-15-17-21-57(40)72-58(42)36-50(53)68-61-54(70)37-56-59(41-19-14-16-20-55(41)71-56)60(61)43-32-47-48(66(10,11)28-27-65(47,8)9)34-51(43)69-39-22-23-44-46(31-39)64(6,7)25-24-62(44,2)3/h14-23,30-37,68-69H,24-29H2,1-13H3. The van der Waals surface area contributed by atoms with Crippen molar-refractivity contribution in [2.45, 2.75) is 161 Å². The summed E-state index contributed by atoms with van der Waals surface area (Å²) in [4.78, 5) is 2.66. The average molecular weight is 963 g/mol. The van der Waals surface area contributed by atoms with Gasteiger partial charge in [0.2, 0.25) is 0 Å². The van der Waals surface area contributed by atoms with E-state index >= 15 is 0 Å². The number of hydrogen-bond acceptors (Lipinski definition) is 4. The molecule has 0 unspecified atom stereocenters. The van der Waals surface area contributed by atoms with Crippen LogP contribution in [0.2, 0.25) is 0 Å². The number of nitrogens with zero attached hydrogens (tertiary/aromatic N) is 1. The van der Waals surface area contributed by atoms with E-state index in [0.29, 0.717) is 0 Å². The molecule has 0 saturated carbocycles. The maximum atomic E-state index is 7.15. The molecule has 0 fully saturated rings. The van der Waals surface area contributed by atoms with E-state index in [0.717, 1.165) is 48.8 Å². The van der Waals surface area contributed by atoms with Gasteiger partial charge < -0.3 is 14.6 Å². The maximum Gasteiger partial charge on any atom is 0.198 e. The highest BCUT2D eigenvalue weighted by molar-refractivity contribution is 7.26. The maximum absolute atomic E-state index is 7.15. The molecule has 4 aliphatic rings. The zero-order valence-corrected chi connectivity index (χ0v) is 45.9. The molecule has 1 aliphatic heterocycles. The van der Waals surface area contributed by atoms with Crippen LogP contribution in [0.5, 0.6) is 0 Å². The SMILES string of the molecule is Cc1cc2c(cc1N1c3cc4c(cc3Bc3c1cc1oc5ccccc5c1c3-c1cc3c(cc1Nc1ccc5c(c1)C(C)(C)CCC5(C)C)C(C)(C)CCC3(C)C)sc1ccccc14)C(C)(C)CCC2(C)C. The number of rotatable bonds is 4. The second-order valence-electron chi connectivity index (χ2n) is 26.6. The molecule has 7 aromatic carbocycles. The lowest BCUT2D eigenvalue weighted by Gasteiger charge is -2.44. The second-order valence-corrected chi connectivity index (χ2v) is 27.7. The highest BCUT2D eigenvalue weighted by Crippen LogP contribution is 2.55. The smallest absolute Gasteiger partial charge is 0.198 e. The van der Waals surface area contributed by atoms with Gasteiger partial charge in [0.1, 0.15) is 11.2 Å². The van der Waals surface area contributed by atoms with E-state index in [9.17, 15) is 0 Å². The van der Waals surface area contributed by atoms with Gasteiger partial charge in [0.05, 0.1) is 0 Å². The summed E-state index contributed by atoms with van der Waals surface area (Å²) in [5, 5.41) is 9.25. The van der Waals surface area contributed by atoms with E-state index in [-0.39, 0.29) is 32.5 Å². The van der Waals surface area contributed by atoms with E-state index in [1.807, 2.05) is 11.3 Å². The largest absolute Gasteiger partial charge is 0.456 e. The first-order chi connectivity index (χ1) is 34.0. The van der Waals surface area contributed by atoms with Gasteiger partial charge in [0.15, 0.2) is 7.28 Å². The molecule has 72 heavy (non-hydrogen) atoms. The van der Waals surface area contributed by atoms with Crippen LogP contribution in [0.3, 0.4) is 0 Å². The number of para-hydroxylation sites is 1. The highest BCUT2D eigenvalue weighted by atomic mass is 32.1. The number of benzene rings is 7. The number of furan rings is 1. The second kappa shape index (κ2) is 15.2. The molecular formula is C67H71BN2OS. The molecule has 5 heteroatoms. The predicted octanol–water partition coefficient (Wildman–Crippen LogP) is 17.9. The third-order valence-electron chi connectivity index (χ3n) is 19.0. The summed E-state index contributed by atoms with van der Waals surface area (Å²) in [7, 11) is 0.798. The fraction of sp³-hybridized carbons (Fsp3) is 0.373. The Morgan fingerprint density at radius 1 is 0.486 bits per heavy atom. The van der Waals surface area contributed by atoms with Crippen LogP contribution in [0.4, 0.5) is 28.4 Å². The average Bonchev–Trinajstić information content (AvgIpc) is 3.89. The van der Waals surface area contributed by atoms with E-state index in [1.165, 1.54) is 129 Å². The molecule has 0 spiro atoms. The van der Waals surface area contributed by atoms with Crippen molar-refractivity contribution in [3.63, 3.8) is 0 Å². The topological polar surface area (TPSA) is 28.4 Å². The van der Waals surface area contributed by atoms with Gasteiger partial charge in [-0.3, -0.25) is 0 Å². The van der Waals surface area contributed by atoms with Crippen LogP contribution in [0.25, 0.3) is 53.2 Å². The quantitative estimate of drug-likeness (QED) is 0.178. The number of aryl methyl sites for hydroxylation is 1. The third-order valence-corrected chi connectivity index (χ3v) is 20.1. The lowest BCUT2D eigenvalue weighted by atomic mass is 9.57. The van der Waals surface area contributed by atoms with Crippen molar-refractivity contribution in [3.05, 3.63) is 148 Å². The summed E-state index contributed by atoms with van der Waals surface area (Å²) in [6, 6.07) is 42.9. The molecule has 0 radical (unpaired) electrons. The summed E-state index contributed by atoms with van der Waals surface area (Å²) < 4.78 is 9.83. The van der Waals surface area contributed by atoms with Gasteiger partial charge in [-0.05, 0) is 183 Å². The molecule has 0 bridgehead atoms. The first kappa shape index (κ1) is 46.0. The Kier molecular flexibility index (Phi) is 9.69. The lowest BCUT2D eigenvalue weighted by molar-refractivity contribution is 0.332. The number of hydrogen-bond donors (Lipinski definition) is 1. The zero-order chi connectivity index (χ0) is 50.2. The van der Waals surface area contributed by atoms with Crippen LogP contribution < -0.4 is 21.1 Å². The van der Waals surface area contributed by atoms with Crippen LogP contribution >= 0.6 is 11.3 Å². The van der Waals surface area contributed by atoms with Gasteiger partial charge in [-0.2, -0.15) is 0 Å². The van der Waals surface area contributed by atoms with E-state index < -0.39 is 0 Å². The molecule has 13 rings (SSSR count). The Bertz CT molecular complexity index is 3800. The first-order valence-corrected chi connectivity index (χ1v) is 27.8. The lowest BCUT2D eigenvalue weighted by Crippen LogP contribution is -2.41. The normalized spacial score (nSPS) is 19.6. The molecule has 9 aromatic rings. The summed E-state index contributed by atoms with van der Waals surface area (Å²) in [5.74, 6) is 0. The zero-order valence-electron chi connectivity index (χ0n) is 45.1. The Labute approximate surface area is 432 Å². The molecule has 1 N–H and O–H groups in total. The molecule has 3 nitrogen and oxygen atoms in total. The molecule has 0 saturated heterocycles. The highest BCUT2D eigenvalue weighted by Gasteiger charge is 2.42. The van der Waals surface area contributed by atoms with Crippen molar-refractivity contribution in [3.8, 4) is 11.1 Å². The number of nitrogens with one attached hydrogen (secondary N) is 1. The number of fused-ring (bicyclic) bond motifs is 11. The molecule has 3 heterocycles. The van der Waals surface area contributed by atoms with Crippen molar-refractivity contribution in [1.29, 1.82) is 0 Å². The van der Waals surface area contributed by atoms with Gasteiger partial charge in [-0.15, -0.1) is 11.3 Å². The minimum Gasteiger partial charge on any atom is -0.456 e. The minimum atomic E-state index is -0.00176. The fourth-order valence-electron chi connectivity index (χ4n) is 14.0. The number of anilines is 5. The Balaban J connectivity index is 1.14. The molecule has 3 aliphatic carbocycles. The van der Waals surface area contributed by atoms with E-state index in [2.05, 4.69) is 209 Å². The van der Waals surface area contributed by atoms with E-state index in [1.54, 1.807) is 0 Å². The van der Waals surface area contributed by atoms with Crippen LogP contribution in [0.15, 0.2) is 114 Å². The van der Waals surface area contributed by atoms with Gasteiger partial charge >= 0.3 is 0 Å². The van der Waals surface area contributed by atoms with Crippen molar-refractivity contribution in [1.82, 2.24) is 0 Å². The van der Waals surface area contributed by atoms with Crippen LogP contribution in [-0.2, 0) is 32.5 Å². The molecule has 0 amide bonds. The van der Waals surface area contributed by atoms with Gasteiger partial charge in [0.25, 0.3) is 0 Å². The first-order valence-electron chi connectivity index (χ1n) is 27.0. The van der Waals surface area contributed by atoms with Crippen molar-refractivity contribution in [2.24, 2.45) is 0 Å². The summed E-state index contributed by atoms with van der Waals surface area (Å²) >= 11 is 1.92. The molecule has 364 valence electrons. The Hall–Kier alpha value is -5.78. The van der Waals surface area contributed by atoms with Crippen molar-refractivity contribution in [2.75, 3.05) is 10.2 Å². The molecule has 0 atom stereocenters.